The predicted molar refractivity (Wildman–Crippen MR) is 116 cm³/mol. The summed E-state index contributed by atoms with van der Waals surface area (Å²) in [5.41, 5.74) is 1.28. The molecule has 0 spiro atoms. The maximum Gasteiger partial charge on any atom is 0.321 e. The van der Waals surface area contributed by atoms with E-state index in [1.807, 2.05) is 36.4 Å². The second-order valence-electron chi connectivity index (χ2n) is 7.10. The van der Waals surface area contributed by atoms with Gasteiger partial charge in [0.15, 0.2) is 0 Å². The van der Waals surface area contributed by atoms with E-state index >= 15 is 0 Å². The Hall–Kier alpha value is -3.42. The molecule has 1 heterocycles. The summed E-state index contributed by atoms with van der Waals surface area (Å²) >= 11 is 0. The smallest absolute Gasteiger partial charge is 0.321 e. The zero-order valence-corrected chi connectivity index (χ0v) is 17.3. The largest absolute Gasteiger partial charge is 0.495 e. The van der Waals surface area contributed by atoms with Crippen LogP contribution in [-0.2, 0) is 0 Å². The number of nitrogens with zero attached hydrogens (tertiary/aromatic N) is 1. The van der Waals surface area contributed by atoms with Crippen LogP contribution in [0.5, 0.6) is 11.5 Å². The first-order valence-electron chi connectivity index (χ1n) is 9.97. The van der Waals surface area contributed by atoms with Crippen molar-refractivity contribution in [3.8, 4) is 11.5 Å². The van der Waals surface area contributed by atoms with E-state index in [4.69, 9.17) is 9.47 Å². The van der Waals surface area contributed by atoms with Gasteiger partial charge in [0, 0.05) is 19.6 Å². The Bertz CT molecular complexity index is 866. The average Bonchev–Trinajstić information content (AvgIpc) is 2.78. The van der Waals surface area contributed by atoms with Crippen molar-refractivity contribution in [3.05, 3.63) is 48.5 Å². The lowest BCUT2D eigenvalue weighted by molar-refractivity contribution is 0.181. The molecule has 2 aromatic carbocycles. The van der Waals surface area contributed by atoms with Crippen molar-refractivity contribution in [2.75, 3.05) is 44.5 Å². The summed E-state index contributed by atoms with van der Waals surface area (Å²) in [6.45, 7) is 1.84. The number of methoxy groups -OCH3 is 2. The lowest BCUT2D eigenvalue weighted by atomic mass is 9.97. The standard InChI is InChI=1S/C22H28N4O4/c1-29-19-9-5-3-7-17(19)24-21(27)23-15-16-11-13-26(14-12-16)22(28)25-18-8-4-6-10-20(18)30-2/h3-10,16H,11-15H2,1-2H3,(H,25,28)(H2,23,24,27). The number of hydrogen-bond acceptors (Lipinski definition) is 4. The van der Waals surface area contributed by atoms with Crippen molar-refractivity contribution < 1.29 is 19.1 Å². The molecule has 3 rings (SSSR count). The Labute approximate surface area is 176 Å². The van der Waals surface area contributed by atoms with Gasteiger partial charge in [0.25, 0.3) is 0 Å². The highest BCUT2D eigenvalue weighted by molar-refractivity contribution is 5.91. The van der Waals surface area contributed by atoms with Crippen LogP contribution in [0.15, 0.2) is 48.5 Å². The Morgan fingerprint density at radius 1 is 0.900 bits per heavy atom. The van der Waals surface area contributed by atoms with Crippen molar-refractivity contribution in [2.24, 2.45) is 5.92 Å². The van der Waals surface area contributed by atoms with Crippen LogP contribution in [0.4, 0.5) is 21.0 Å². The molecule has 0 atom stereocenters. The zero-order chi connectivity index (χ0) is 21.3. The number of ether oxygens (including phenoxy) is 2. The van der Waals surface area contributed by atoms with Crippen LogP contribution in [0.1, 0.15) is 12.8 Å². The Morgan fingerprint density at radius 3 is 2.00 bits per heavy atom. The molecule has 0 radical (unpaired) electrons. The second kappa shape index (κ2) is 10.4. The number of rotatable bonds is 6. The van der Waals surface area contributed by atoms with Crippen molar-refractivity contribution in [2.45, 2.75) is 12.8 Å². The highest BCUT2D eigenvalue weighted by atomic mass is 16.5. The van der Waals surface area contributed by atoms with Crippen LogP contribution >= 0.6 is 0 Å². The lowest BCUT2D eigenvalue weighted by Crippen LogP contribution is -2.43. The normalized spacial score (nSPS) is 14.0. The fraction of sp³-hybridized carbons (Fsp3) is 0.364. The van der Waals surface area contributed by atoms with Gasteiger partial charge in [0.1, 0.15) is 11.5 Å². The minimum Gasteiger partial charge on any atom is -0.495 e. The number of nitrogens with one attached hydrogen (secondary N) is 3. The molecule has 0 unspecified atom stereocenters. The highest BCUT2D eigenvalue weighted by Gasteiger charge is 2.23. The third-order valence-electron chi connectivity index (χ3n) is 5.16. The third kappa shape index (κ3) is 5.56. The van der Waals surface area contributed by atoms with E-state index in [2.05, 4.69) is 16.0 Å². The maximum absolute atomic E-state index is 12.5. The molecule has 8 nitrogen and oxygen atoms in total. The van der Waals surface area contributed by atoms with E-state index in [9.17, 15) is 9.59 Å². The van der Waals surface area contributed by atoms with Gasteiger partial charge < -0.3 is 30.3 Å². The Kier molecular flexibility index (Phi) is 7.37. The number of carbonyl (C=O) groups is 2. The van der Waals surface area contributed by atoms with E-state index in [1.54, 1.807) is 31.3 Å². The molecule has 0 bridgehead atoms. The molecule has 2 aromatic rings. The fourth-order valence-corrected chi connectivity index (χ4v) is 3.43. The number of benzene rings is 2. The van der Waals surface area contributed by atoms with Gasteiger partial charge >= 0.3 is 12.1 Å². The van der Waals surface area contributed by atoms with E-state index in [0.717, 1.165) is 12.8 Å². The highest BCUT2D eigenvalue weighted by Crippen LogP contribution is 2.25. The van der Waals surface area contributed by atoms with E-state index in [1.165, 1.54) is 0 Å². The van der Waals surface area contributed by atoms with Gasteiger partial charge in [-0.1, -0.05) is 24.3 Å². The predicted octanol–water partition coefficient (Wildman–Crippen LogP) is 3.77. The molecule has 30 heavy (non-hydrogen) atoms. The molecule has 1 fully saturated rings. The van der Waals surface area contributed by atoms with Gasteiger partial charge in [-0.2, -0.15) is 0 Å². The number of para-hydroxylation sites is 4. The molecule has 0 aliphatic carbocycles. The fourth-order valence-electron chi connectivity index (χ4n) is 3.43. The molecule has 1 aliphatic rings. The number of hydrogen-bond donors (Lipinski definition) is 3. The molecule has 0 saturated carbocycles. The van der Waals surface area contributed by atoms with Gasteiger partial charge in [-0.05, 0) is 43.0 Å². The van der Waals surface area contributed by atoms with Crippen LogP contribution in [0.2, 0.25) is 0 Å². The number of amides is 4. The second-order valence-corrected chi connectivity index (χ2v) is 7.10. The summed E-state index contributed by atoms with van der Waals surface area (Å²) in [6, 6.07) is 14.2. The van der Waals surface area contributed by atoms with Crippen molar-refractivity contribution >= 4 is 23.4 Å². The first-order valence-corrected chi connectivity index (χ1v) is 9.97. The van der Waals surface area contributed by atoms with E-state index in [-0.39, 0.29) is 12.1 Å². The summed E-state index contributed by atoms with van der Waals surface area (Å²) in [7, 11) is 3.14. The average molecular weight is 412 g/mol. The van der Waals surface area contributed by atoms with Gasteiger partial charge in [-0.25, -0.2) is 9.59 Å². The maximum atomic E-state index is 12.5. The molecular weight excluding hydrogens is 384 g/mol. The summed E-state index contributed by atoms with van der Waals surface area (Å²) in [5, 5.41) is 8.62. The first kappa shape index (κ1) is 21.3. The van der Waals surface area contributed by atoms with Gasteiger partial charge in [-0.3, -0.25) is 0 Å². The molecule has 1 aliphatic heterocycles. The number of piperidine rings is 1. The van der Waals surface area contributed by atoms with Crippen molar-refractivity contribution in [3.63, 3.8) is 0 Å². The number of urea groups is 2. The third-order valence-corrected chi connectivity index (χ3v) is 5.16. The number of likely N-dealkylation sites (tertiary alicyclic amines) is 1. The first-order chi connectivity index (χ1) is 14.6. The minimum absolute atomic E-state index is 0.139. The quantitative estimate of drug-likeness (QED) is 0.673. The topological polar surface area (TPSA) is 91.9 Å². The zero-order valence-electron chi connectivity index (χ0n) is 17.3. The van der Waals surface area contributed by atoms with Gasteiger partial charge in [0.2, 0.25) is 0 Å². The van der Waals surface area contributed by atoms with Gasteiger partial charge in [-0.15, -0.1) is 0 Å². The molecule has 3 N–H and O–H groups in total. The SMILES string of the molecule is COc1ccccc1NC(=O)NCC1CCN(C(=O)Nc2ccccc2OC)CC1. The molecular formula is C22H28N4O4. The van der Waals surface area contributed by atoms with E-state index in [0.29, 0.717) is 48.4 Å². The van der Waals surface area contributed by atoms with Crippen LogP contribution in [0.25, 0.3) is 0 Å². The number of carbonyl (C=O) groups excluding carboxylic acids is 2. The molecule has 4 amide bonds. The van der Waals surface area contributed by atoms with E-state index < -0.39 is 0 Å². The summed E-state index contributed by atoms with van der Waals surface area (Å²) in [4.78, 5) is 26.5. The van der Waals surface area contributed by atoms with Gasteiger partial charge in [0.05, 0.1) is 25.6 Å². The van der Waals surface area contributed by atoms with Crippen molar-refractivity contribution in [1.82, 2.24) is 10.2 Å². The van der Waals surface area contributed by atoms with Crippen LogP contribution in [0, 0.1) is 5.92 Å². The Morgan fingerprint density at radius 2 is 1.43 bits per heavy atom. The van der Waals surface area contributed by atoms with Crippen LogP contribution < -0.4 is 25.4 Å². The monoisotopic (exact) mass is 412 g/mol. The molecule has 8 heteroatoms. The molecule has 160 valence electrons. The van der Waals surface area contributed by atoms with Crippen LogP contribution in [0.3, 0.4) is 0 Å². The molecule has 1 saturated heterocycles. The number of anilines is 2. The summed E-state index contributed by atoms with van der Waals surface area (Å²) in [6.07, 6.45) is 1.66. The lowest BCUT2D eigenvalue weighted by Gasteiger charge is -2.32. The van der Waals surface area contributed by atoms with Crippen molar-refractivity contribution in [1.29, 1.82) is 0 Å². The Balaban J connectivity index is 1.42. The minimum atomic E-state index is -0.268. The summed E-state index contributed by atoms with van der Waals surface area (Å²) in [5.74, 6) is 1.57. The van der Waals surface area contributed by atoms with Crippen LogP contribution in [-0.4, -0.2) is 50.8 Å². The summed E-state index contributed by atoms with van der Waals surface area (Å²) < 4.78 is 10.5. The molecule has 0 aromatic heterocycles.